The molecule has 0 radical (unpaired) electrons. The Hall–Kier alpha value is -2.28. The van der Waals surface area contributed by atoms with Crippen LogP contribution in [-0.2, 0) is 4.79 Å². The number of carbonyl (C=O) groups excluding carboxylic acids is 2. The topological polar surface area (TPSA) is 74.6 Å². The number of furan rings is 1. The predicted molar refractivity (Wildman–Crippen MR) is 99.9 cm³/mol. The standard InChI is InChI=1S/C18H20BrN3O3/c19-16-9-8-15(25-16)18(24)20-12-17(23)21-13-6-2-3-7-14(13)22-10-4-1-5-11-22/h2-3,6-9H,1,4-5,10-12H2,(H,20,24)(H,21,23). The number of hydrogen-bond acceptors (Lipinski definition) is 4. The zero-order valence-corrected chi connectivity index (χ0v) is 15.3. The lowest BCUT2D eigenvalue weighted by molar-refractivity contribution is -0.115. The molecule has 2 aromatic rings. The minimum absolute atomic E-state index is 0.120. The molecule has 2 heterocycles. The second kappa shape index (κ2) is 8.20. The van der Waals surface area contributed by atoms with Gasteiger partial charge in [0.15, 0.2) is 10.4 Å². The Kier molecular flexibility index (Phi) is 5.75. The van der Waals surface area contributed by atoms with Gasteiger partial charge in [0, 0.05) is 13.1 Å². The van der Waals surface area contributed by atoms with E-state index in [1.807, 2.05) is 24.3 Å². The first-order chi connectivity index (χ1) is 12.1. The maximum atomic E-state index is 12.2. The fourth-order valence-corrected chi connectivity index (χ4v) is 3.17. The van der Waals surface area contributed by atoms with E-state index < -0.39 is 5.91 Å². The third-order valence-corrected chi connectivity index (χ3v) is 4.51. The summed E-state index contributed by atoms with van der Waals surface area (Å²) < 4.78 is 5.63. The highest BCUT2D eigenvalue weighted by Gasteiger charge is 2.16. The van der Waals surface area contributed by atoms with Gasteiger partial charge in [-0.3, -0.25) is 9.59 Å². The summed E-state index contributed by atoms with van der Waals surface area (Å²) >= 11 is 3.14. The molecule has 7 heteroatoms. The Morgan fingerprint density at radius 2 is 1.84 bits per heavy atom. The lowest BCUT2D eigenvalue weighted by atomic mass is 10.1. The van der Waals surface area contributed by atoms with Crippen molar-refractivity contribution in [3.05, 3.63) is 46.8 Å². The normalized spacial score (nSPS) is 14.2. The van der Waals surface area contributed by atoms with Gasteiger partial charge in [-0.05, 0) is 59.5 Å². The highest BCUT2D eigenvalue weighted by atomic mass is 79.9. The molecule has 132 valence electrons. The number of amides is 2. The summed E-state index contributed by atoms with van der Waals surface area (Å²) in [4.78, 5) is 26.4. The fraction of sp³-hybridized carbons (Fsp3) is 0.333. The van der Waals surface area contributed by atoms with Crippen molar-refractivity contribution in [2.24, 2.45) is 0 Å². The quantitative estimate of drug-likeness (QED) is 0.798. The number of anilines is 2. The SMILES string of the molecule is O=C(CNC(=O)c1ccc(Br)o1)Nc1ccccc1N1CCCCC1. The summed E-state index contributed by atoms with van der Waals surface area (Å²) in [5.41, 5.74) is 1.79. The largest absolute Gasteiger partial charge is 0.444 e. The number of nitrogens with one attached hydrogen (secondary N) is 2. The van der Waals surface area contributed by atoms with Crippen molar-refractivity contribution in [3.63, 3.8) is 0 Å². The molecule has 3 rings (SSSR count). The van der Waals surface area contributed by atoms with E-state index in [2.05, 4.69) is 31.5 Å². The molecule has 0 bridgehead atoms. The molecule has 2 amide bonds. The second-order valence-corrected chi connectivity index (χ2v) is 6.68. The summed E-state index contributed by atoms with van der Waals surface area (Å²) in [7, 11) is 0. The Balaban J connectivity index is 1.58. The molecule has 2 N–H and O–H groups in total. The Morgan fingerprint density at radius 3 is 2.56 bits per heavy atom. The predicted octanol–water partition coefficient (Wildman–Crippen LogP) is 3.40. The van der Waals surface area contributed by atoms with Crippen molar-refractivity contribution < 1.29 is 14.0 Å². The Bertz CT molecular complexity index is 754. The number of carbonyl (C=O) groups is 2. The lowest BCUT2D eigenvalue weighted by Gasteiger charge is -2.30. The molecule has 25 heavy (non-hydrogen) atoms. The van der Waals surface area contributed by atoms with E-state index in [4.69, 9.17) is 4.42 Å². The van der Waals surface area contributed by atoms with E-state index in [0.29, 0.717) is 4.67 Å². The molecule has 1 aliphatic rings. The van der Waals surface area contributed by atoms with Gasteiger partial charge in [0.1, 0.15) is 0 Å². The maximum absolute atomic E-state index is 12.2. The molecule has 1 fully saturated rings. The monoisotopic (exact) mass is 405 g/mol. The smallest absolute Gasteiger partial charge is 0.287 e. The molecule has 1 saturated heterocycles. The zero-order valence-electron chi connectivity index (χ0n) is 13.8. The molecular weight excluding hydrogens is 386 g/mol. The lowest BCUT2D eigenvalue weighted by Crippen LogP contribution is -2.34. The van der Waals surface area contributed by atoms with E-state index in [1.54, 1.807) is 12.1 Å². The van der Waals surface area contributed by atoms with Gasteiger partial charge < -0.3 is 20.0 Å². The van der Waals surface area contributed by atoms with Gasteiger partial charge in [-0.1, -0.05) is 12.1 Å². The van der Waals surface area contributed by atoms with Crippen molar-refractivity contribution in [1.29, 1.82) is 0 Å². The Morgan fingerprint density at radius 1 is 1.08 bits per heavy atom. The minimum Gasteiger partial charge on any atom is -0.444 e. The summed E-state index contributed by atoms with van der Waals surface area (Å²) in [6.07, 6.45) is 3.58. The first-order valence-corrected chi connectivity index (χ1v) is 9.10. The van der Waals surface area contributed by atoms with Crippen LogP contribution in [0.4, 0.5) is 11.4 Å². The highest BCUT2D eigenvalue weighted by Crippen LogP contribution is 2.28. The van der Waals surface area contributed by atoms with Gasteiger partial charge in [0.2, 0.25) is 5.91 Å². The number of hydrogen-bond donors (Lipinski definition) is 2. The van der Waals surface area contributed by atoms with Crippen LogP contribution >= 0.6 is 15.9 Å². The van der Waals surface area contributed by atoms with Crippen LogP contribution in [0.1, 0.15) is 29.8 Å². The van der Waals surface area contributed by atoms with Crippen molar-refractivity contribution in [1.82, 2.24) is 5.32 Å². The molecule has 0 spiro atoms. The van der Waals surface area contributed by atoms with Crippen LogP contribution in [0.3, 0.4) is 0 Å². The molecule has 0 saturated carbocycles. The number of benzene rings is 1. The number of halogens is 1. The number of nitrogens with zero attached hydrogens (tertiary/aromatic N) is 1. The minimum atomic E-state index is -0.426. The van der Waals surface area contributed by atoms with Crippen LogP contribution in [0.25, 0.3) is 0 Å². The molecule has 0 atom stereocenters. The second-order valence-electron chi connectivity index (χ2n) is 5.90. The number of rotatable bonds is 5. The average Bonchev–Trinajstić information content (AvgIpc) is 3.07. The van der Waals surface area contributed by atoms with Gasteiger partial charge in [-0.15, -0.1) is 0 Å². The van der Waals surface area contributed by atoms with Crippen LogP contribution in [-0.4, -0.2) is 31.4 Å². The van der Waals surface area contributed by atoms with Crippen molar-refractivity contribution in [2.45, 2.75) is 19.3 Å². The number of piperidine rings is 1. The third-order valence-electron chi connectivity index (χ3n) is 4.08. The van der Waals surface area contributed by atoms with E-state index in [9.17, 15) is 9.59 Å². The van der Waals surface area contributed by atoms with E-state index in [0.717, 1.165) is 37.3 Å². The van der Waals surface area contributed by atoms with E-state index >= 15 is 0 Å². The van der Waals surface area contributed by atoms with Gasteiger partial charge in [0.25, 0.3) is 5.91 Å². The molecule has 1 aliphatic heterocycles. The van der Waals surface area contributed by atoms with Gasteiger partial charge in [-0.25, -0.2) is 0 Å². The van der Waals surface area contributed by atoms with Crippen LogP contribution in [0.15, 0.2) is 45.5 Å². The molecular formula is C18H20BrN3O3. The van der Waals surface area contributed by atoms with Crippen LogP contribution in [0.5, 0.6) is 0 Å². The van der Waals surface area contributed by atoms with Crippen LogP contribution in [0, 0.1) is 0 Å². The highest BCUT2D eigenvalue weighted by molar-refractivity contribution is 9.10. The molecule has 6 nitrogen and oxygen atoms in total. The average molecular weight is 406 g/mol. The summed E-state index contributed by atoms with van der Waals surface area (Å²) in [6, 6.07) is 10.9. The number of para-hydroxylation sites is 2. The van der Waals surface area contributed by atoms with E-state index in [1.165, 1.54) is 6.42 Å². The molecule has 1 aromatic heterocycles. The zero-order chi connectivity index (χ0) is 17.6. The van der Waals surface area contributed by atoms with Crippen molar-refractivity contribution in [3.8, 4) is 0 Å². The summed E-state index contributed by atoms with van der Waals surface area (Å²) in [6.45, 7) is 1.87. The third kappa shape index (κ3) is 4.63. The summed E-state index contributed by atoms with van der Waals surface area (Å²) in [5.74, 6) is -0.540. The van der Waals surface area contributed by atoms with Crippen molar-refractivity contribution >= 4 is 39.1 Å². The van der Waals surface area contributed by atoms with E-state index in [-0.39, 0.29) is 18.2 Å². The van der Waals surface area contributed by atoms with Gasteiger partial charge in [-0.2, -0.15) is 0 Å². The fourth-order valence-electron chi connectivity index (χ4n) is 2.87. The summed E-state index contributed by atoms with van der Waals surface area (Å²) in [5, 5.41) is 5.44. The van der Waals surface area contributed by atoms with Crippen LogP contribution < -0.4 is 15.5 Å². The first kappa shape index (κ1) is 17.5. The van der Waals surface area contributed by atoms with Crippen LogP contribution in [0.2, 0.25) is 0 Å². The van der Waals surface area contributed by atoms with Crippen molar-refractivity contribution in [2.75, 3.05) is 29.9 Å². The Labute approximate surface area is 154 Å². The van der Waals surface area contributed by atoms with Gasteiger partial charge >= 0.3 is 0 Å². The maximum Gasteiger partial charge on any atom is 0.287 e. The molecule has 1 aromatic carbocycles. The molecule has 0 aliphatic carbocycles. The first-order valence-electron chi connectivity index (χ1n) is 8.31. The molecule has 0 unspecified atom stereocenters. The van der Waals surface area contributed by atoms with Gasteiger partial charge in [0.05, 0.1) is 17.9 Å².